The van der Waals surface area contributed by atoms with Crippen LogP contribution in [0.15, 0.2) is 27.1 Å². The molecular formula is C32H34N6O5S. The van der Waals surface area contributed by atoms with Crippen LogP contribution in [0.25, 0.3) is 23.0 Å². The average molecular weight is 615 g/mol. The Labute approximate surface area is 259 Å². The van der Waals surface area contributed by atoms with E-state index in [0.29, 0.717) is 39.4 Å². The summed E-state index contributed by atoms with van der Waals surface area (Å²) in [5, 5.41) is 15.2. The highest BCUT2D eigenvalue weighted by Crippen LogP contribution is 2.55. The molecule has 0 saturated carbocycles. The first-order valence-corrected chi connectivity index (χ1v) is 15.9. The SMILES string of the molecule is COC(=O)c1ccc(-c2cc(O[C@@H](C)[C@@H]3CCCN3C)nc(-c3noc4c3CCC[C@@]43CCCc4sc(N)c(C#N)c43)n2)o1. The molecule has 0 amide bonds. The third-order valence-corrected chi connectivity index (χ3v) is 10.5. The Morgan fingerprint density at radius 2 is 2.07 bits per heavy atom. The Morgan fingerprint density at radius 1 is 1.25 bits per heavy atom. The number of esters is 1. The second-order valence-electron chi connectivity index (χ2n) is 12.0. The number of nitrogen functional groups attached to an aromatic ring is 1. The standard InChI is InChI=1S/C32H34N6O5S/c1-17(21-8-6-14-38(21)2)41-25-15-20(22-10-11-23(42-22)31(39)40-3)35-30(36-25)27-18-7-4-12-32(28(18)43-37-27)13-5-9-24-26(32)19(16-33)29(34)44-24/h10-11,15,17,21H,4-9,12-14,34H2,1-3H3/t17-,21-,32-/m0/s1. The number of aryl methyl sites for hydroxylation is 1. The highest BCUT2D eigenvalue weighted by molar-refractivity contribution is 7.16. The number of ether oxygens (including phenoxy) is 2. The maximum absolute atomic E-state index is 12.1. The molecule has 2 aliphatic carbocycles. The molecule has 11 nitrogen and oxygen atoms in total. The molecule has 3 aliphatic rings. The predicted octanol–water partition coefficient (Wildman–Crippen LogP) is 5.51. The Morgan fingerprint density at radius 3 is 2.82 bits per heavy atom. The van der Waals surface area contributed by atoms with Gasteiger partial charge in [0.2, 0.25) is 11.6 Å². The summed E-state index contributed by atoms with van der Waals surface area (Å²) in [5.41, 5.74) is 9.38. The number of nitrogens with two attached hydrogens (primary N) is 1. The molecule has 1 saturated heterocycles. The van der Waals surface area contributed by atoms with Gasteiger partial charge in [-0.05, 0) is 89.6 Å². The minimum absolute atomic E-state index is 0.0725. The van der Waals surface area contributed by atoms with E-state index in [1.807, 2.05) is 0 Å². The number of nitriles is 1. The maximum Gasteiger partial charge on any atom is 0.373 e. The summed E-state index contributed by atoms with van der Waals surface area (Å²) in [7, 11) is 3.42. The lowest BCUT2D eigenvalue weighted by atomic mass is 9.63. The molecule has 228 valence electrons. The average Bonchev–Trinajstić information content (AvgIpc) is 3.82. The molecule has 3 atom stereocenters. The zero-order valence-electron chi connectivity index (χ0n) is 25.0. The number of likely N-dealkylation sites (N-methyl/N-ethyl adjacent to an activating group) is 1. The maximum atomic E-state index is 12.1. The van der Waals surface area contributed by atoms with Crippen molar-refractivity contribution in [2.24, 2.45) is 0 Å². The Balaban J connectivity index is 1.33. The minimum Gasteiger partial charge on any atom is -0.473 e. The van der Waals surface area contributed by atoms with Gasteiger partial charge in [0.1, 0.15) is 22.9 Å². The number of aromatic nitrogens is 3. The molecule has 0 aromatic carbocycles. The van der Waals surface area contributed by atoms with Gasteiger partial charge >= 0.3 is 5.97 Å². The molecule has 0 bridgehead atoms. The van der Waals surface area contributed by atoms with Gasteiger partial charge < -0.3 is 24.1 Å². The molecule has 1 aliphatic heterocycles. The van der Waals surface area contributed by atoms with Crippen molar-refractivity contribution in [3.63, 3.8) is 0 Å². The summed E-state index contributed by atoms with van der Waals surface area (Å²) < 4.78 is 23.3. The van der Waals surface area contributed by atoms with Crippen molar-refractivity contribution < 1.29 is 23.2 Å². The zero-order valence-corrected chi connectivity index (χ0v) is 25.8. The van der Waals surface area contributed by atoms with Gasteiger partial charge in [0.05, 0.1) is 18.1 Å². The fourth-order valence-corrected chi connectivity index (χ4v) is 8.58. The van der Waals surface area contributed by atoms with Crippen LogP contribution in [0.1, 0.15) is 83.3 Å². The van der Waals surface area contributed by atoms with E-state index in [1.54, 1.807) is 18.2 Å². The number of rotatable bonds is 6. The van der Waals surface area contributed by atoms with Gasteiger partial charge in [0, 0.05) is 22.5 Å². The monoisotopic (exact) mass is 614 g/mol. The molecule has 1 spiro atoms. The van der Waals surface area contributed by atoms with Gasteiger partial charge in [0.25, 0.3) is 0 Å². The first-order valence-electron chi connectivity index (χ1n) is 15.1. The summed E-state index contributed by atoms with van der Waals surface area (Å²) in [5.74, 6) is 1.38. The quantitative estimate of drug-likeness (QED) is 0.273. The molecule has 12 heteroatoms. The van der Waals surface area contributed by atoms with E-state index in [2.05, 4.69) is 30.1 Å². The van der Waals surface area contributed by atoms with E-state index >= 15 is 0 Å². The number of thiophene rings is 1. The van der Waals surface area contributed by atoms with Crippen LogP contribution < -0.4 is 10.5 Å². The lowest BCUT2D eigenvalue weighted by Gasteiger charge is -2.39. The summed E-state index contributed by atoms with van der Waals surface area (Å²) in [4.78, 5) is 25.3. The van der Waals surface area contributed by atoms with Crippen LogP contribution in [0.3, 0.4) is 0 Å². The van der Waals surface area contributed by atoms with Gasteiger partial charge in [-0.3, -0.25) is 4.90 Å². The van der Waals surface area contributed by atoms with E-state index in [4.69, 9.17) is 34.1 Å². The van der Waals surface area contributed by atoms with Crippen molar-refractivity contribution in [1.29, 1.82) is 5.26 Å². The molecule has 2 N–H and O–H groups in total. The number of carbonyl (C=O) groups is 1. The van der Waals surface area contributed by atoms with Gasteiger partial charge in [-0.2, -0.15) is 10.2 Å². The molecule has 4 aromatic rings. The highest BCUT2D eigenvalue weighted by atomic mass is 32.1. The van der Waals surface area contributed by atoms with E-state index in [9.17, 15) is 10.1 Å². The zero-order chi connectivity index (χ0) is 30.6. The van der Waals surface area contributed by atoms with Crippen molar-refractivity contribution in [1.82, 2.24) is 20.0 Å². The topological polar surface area (TPSA) is 154 Å². The molecule has 0 unspecified atom stereocenters. The molecule has 1 fully saturated rings. The normalized spacial score (nSPS) is 21.9. The number of methoxy groups -OCH3 is 1. The van der Waals surface area contributed by atoms with Gasteiger partial charge in [-0.25, -0.2) is 9.78 Å². The van der Waals surface area contributed by atoms with Gasteiger partial charge in [0.15, 0.2) is 23.0 Å². The van der Waals surface area contributed by atoms with E-state index in [-0.39, 0.29) is 17.9 Å². The summed E-state index contributed by atoms with van der Waals surface area (Å²) >= 11 is 1.52. The van der Waals surface area contributed by atoms with Crippen LogP contribution in [0.2, 0.25) is 0 Å². The van der Waals surface area contributed by atoms with Crippen molar-refractivity contribution >= 4 is 22.3 Å². The second-order valence-corrected chi connectivity index (χ2v) is 13.1. The number of hydrogen-bond donors (Lipinski definition) is 1. The Kier molecular flexibility index (Phi) is 7.17. The number of anilines is 1. The minimum atomic E-state index is -0.576. The van der Waals surface area contributed by atoms with Gasteiger partial charge in [-0.1, -0.05) is 5.16 Å². The number of carbonyl (C=O) groups excluding carboxylic acids is 1. The number of furan rings is 1. The largest absolute Gasteiger partial charge is 0.473 e. The van der Waals surface area contributed by atoms with Crippen LogP contribution in [0.4, 0.5) is 5.00 Å². The number of hydrogen-bond acceptors (Lipinski definition) is 12. The second kappa shape index (κ2) is 11.1. The van der Waals surface area contributed by atoms with E-state index in [0.717, 1.165) is 79.7 Å². The molecule has 0 radical (unpaired) electrons. The lowest BCUT2D eigenvalue weighted by molar-refractivity contribution is 0.0566. The third-order valence-electron chi connectivity index (χ3n) is 9.44. The fourth-order valence-electron chi connectivity index (χ4n) is 7.42. The highest BCUT2D eigenvalue weighted by Gasteiger charge is 2.49. The lowest BCUT2D eigenvalue weighted by Crippen LogP contribution is -2.38. The van der Waals surface area contributed by atoms with E-state index in [1.165, 1.54) is 18.4 Å². The van der Waals surface area contributed by atoms with Crippen molar-refractivity contribution in [2.45, 2.75) is 75.9 Å². The third kappa shape index (κ3) is 4.57. The summed E-state index contributed by atoms with van der Waals surface area (Å²) in [6, 6.07) is 7.59. The van der Waals surface area contributed by atoms with Gasteiger partial charge in [-0.15, -0.1) is 11.3 Å². The van der Waals surface area contributed by atoms with Crippen LogP contribution in [-0.4, -0.2) is 58.8 Å². The number of likely N-dealkylation sites (tertiary alicyclic amines) is 1. The van der Waals surface area contributed by atoms with Crippen molar-refractivity contribution in [3.05, 3.63) is 51.3 Å². The van der Waals surface area contributed by atoms with E-state index < -0.39 is 11.4 Å². The van der Waals surface area contributed by atoms with Crippen molar-refractivity contribution in [3.8, 4) is 34.9 Å². The molecule has 44 heavy (non-hydrogen) atoms. The van der Waals surface area contributed by atoms with Crippen LogP contribution in [0, 0.1) is 11.3 Å². The smallest absolute Gasteiger partial charge is 0.373 e. The van der Waals surface area contributed by atoms with Crippen LogP contribution in [-0.2, 0) is 23.0 Å². The predicted molar refractivity (Wildman–Crippen MR) is 162 cm³/mol. The first-order chi connectivity index (χ1) is 21.3. The Bertz CT molecular complexity index is 1780. The molecule has 4 aromatic heterocycles. The number of fused-ring (bicyclic) bond motifs is 4. The number of nitrogens with zero attached hydrogens (tertiary/aromatic N) is 5. The summed E-state index contributed by atoms with van der Waals surface area (Å²) in [6.07, 6.45) is 7.28. The molecule has 5 heterocycles. The summed E-state index contributed by atoms with van der Waals surface area (Å²) in [6.45, 7) is 3.08. The van der Waals surface area contributed by atoms with Crippen LogP contribution in [0.5, 0.6) is 5.88 Å². The first kappa shape index (κ1) is 28.6. The fraction of sp³-hybridized carbons (Fsp3) is 0.469. The molecule has 7 rings (SSSR count). The Hall–Kier alpha value is -4.21. The van der Waals surface area contributed by atoms with Crippen molar-refractivity contribution in [2.75, 3.05) is 26.4 Å². The molecular weight excluding hydrogens is 580 g/mol. The van der Waals surface area contributed by atoms with Crippen LogP contribution >= 0.6 is 11.3 Å².